The summed E-state index contributed by atoms with van der Waals surface area (Å²) in [5.74, 6) is -0.00296. The van der Waals surface area contributed by atoms with Gasteiger partial charge in [0.15, 0.2) is 0 Å². The molecule has 1 heterocycles. The van der Waals surface area contributed by atoms with Crippen molar-refractivity contribution in [2.45, 2.75) is 18.2 Å². The molecule has 1 aliphatic rings. The van der Waals surface area contributed by atoms with Crippen LogP contribution in [-0.2, 0) is 20.0 Å². The molecule has 1 aromatic carbocycles. The molecule has 0 aromatic heterocycles. The van der Waals surface area contributed by atoms with Gasteiger partial charge in [0.2, 0.25) is 20.0 Å². The van der Waals surface area contributed by atoms with E-state index in [-0.39, 0.29) is 35.8 Å². The summed E-state index contributed by atoms with van der Waals surface area (Å²) < 4.78 is 52.0. The normalized spacial score (nSPS) is 18.3. The Morgan fingerprint density at radius 2 is 1.65 bits per heavy atom. The summed E-state index contributed by atoms with van der Waals surface area (Å²) in [7, 11) is -7.15. The van der Waals surface area contributed by atoms with E-state index in [0.717, 1.165) is 0 Å². The van der Waals surface area contributed by atoms with Crippen LogP contribution in [0.25, 0.3) is 0 Å². The van der Waals surface area contributed by atoms with E-state index in [2.05, 4.69) is 0 Å². The summed E-state index contributed by atoms with van der Waals surface area (Å²) >= 11 is 0. The van der Waals surface area contributed by atoms with Gasteiger partial charge in [0, 0.05) is 26.2 Å². The molecule has 0 unspecified atom stereocenters. The SMILES string of the molecule is CCS(=O)(=O)N1CCCN(S(=O)(=O)c2ccccc2C#N)CC1. The van der Waals surface area contributed by atoms with Gasteiger partial charge in [0.1, 0.15) is 6.07 Å². The van der Waals surface area contributed by atoms with E-state index in [1.165, 1.54) is 20.7 Å². The van der Waals surface area contributed by atoms with Crippen LogP contribution in [0.1, 0.15) is 18.9 Å². The topological polar surface area (TPSA) is 98.6 Å². The van der Waals surface area contributed by atoms with Crippen molar-refractivity contribution in [3.8, 4) is 6.07 Å². The van der Waals surface area contributed by atoms with Gasteiger partial charge in [0.05, 0.1) is 16.2 Å². The summed E-state index contributed by atoms with van der Waals surface area (Å²) in [6.45, 7) is 2.32. The van der Waals surface area contributed by atoms with Crippen LogP contribution in [0.4, 0.5) is 0 Å². The van der Waals surface area contributed by atoms with Crippen molar-refractivity contribution in [2.75, 3.05) is 31.9 Å². The van der Waals surface area contributed by atoms with E-state index in [0.29, 0.717) is 13.0 Å². The number of hydrogen-bond donors (Lipinski definition) is 0. The van der Waals surface area contributed by atoms with E-state index >= 15 is 0 Å². The summed E-state index contributed by atoms with van der Waals surface area (Å²) in [6, 6.07) is 7.92. The van der Waals surface area contributed by atoms with Crippen molar-refractivity contribution in [1.82, 2.24) is 8.61 Å². The Hall–Kier alpha value is -1.47. The summed E-state index contributed by atoms with van der Waals surface area (Å²) in [4.78, 5) is -0.0331. The Bertz CT molecular complexity index is 813. The Kier molecular flexibility index (Phi) is 5.41. The molecule has 0 aliphatic carbocycles. The lowest BCUT2D eigenvalue weighted by molar-refractivity contribution is 0.405. The second-order valence-corrected chi connectivity index (χ2v) is 9.33. The van der Waals surface area contributed by atoms with Gasteiger partial charge in [-0.05, 0) is 25.5 Å². The van der Waals surface area contributed by atoms with Crippen molar-refractivity contribution < 1.29 is 16.8 Å². The molecule has 1 fully saturated rings. The Balaban J connectivity index is 2.27. The summed E-state index contributed by atoms with van der Waals surface area (Å²) in [5.41, 5.74) is 0.0924. The maximum Gasteiger partial charge on any atom is 0.244 e. The number of benzene rings is 1. The molecule has 23 heavy (non-hydrogen) atoms. The zero-order valence-corrected chi connectivity index (χ0v) is 14.5. The Labute approximate surface area is 137 Å². The molecule has 9 heteroatoms. The molecule has 1 aliphatic heterocycles. The molecule has 0 N–H and O–H groups in total. The van der Waals surface area contributed by atoms with Gasteiger partial charge in [-0.15, -0.1) is 0 Å². The molecule has 0 bridgehead atoms. The average molecular weight is 357 g/mol. The minimum atomic E-state index is -3.81. The lowest BCUT2D eigenvalue weighted by Crippen LogP contribution is -2.38. The molecule has 0 saturated carbocycles. The van der Waals surface area contributed by atoms with Gasteiger partial charge in [-0.25, -0.2) is 21.1 Å². The second-order valence-electron chi connectivity index (χ2n) is 5.17. The molecular formula is C14H19N3O4S2. The van der Waals surface area contributed by atoms with Gasteiger partial charge in [-0.3, -0.25) is 0 Å². The molecule has 0 spiro atoms. The van der Waals surface area contributed by atoms with Gasteiger partial charge >= 0.3 is 0 Å². The molecule has 7 nitrogen and oxygen atoms in total. The molecule has 0 amide bonds. The fourth-order valence-corrected chi connectivity index (χ4v) is 5.24. The highest BCUT2D eigenvalue weighted by molar-refractivity contribution is 7.89. The number of nitrogens with zero attached hydrogens (tertiary/aromatic N) is 3. The van der Waals surface area contributed by atoms with Crippen molar-refractivity contribution in [1.29, 1.82) is 5.26 Å². The van der Waals surface area contributed by atoms with Gasteiger partial charge in [-0.2, -0.15) is 9.57 Å². The second kappa shape index (κ2) is 6.97. The molecule has 1 aromatic rings. The van der Waals surface area contributed by atoms with Crippen LogP contribution < -0.4 is 0 Å². The van der Waals surface area contributed by atoms with Crippen LogP contribution >= 0.6 is 0 Å². The number of hydrogen-bond acceptors (Lipinski definition) is 5. The standard InChI is InChI=1S/C14H19N3O4S2/c1-2-22(18,19)16-8-5-9-17(11-10-16)23(20,21)14-7-4-3-6-13(14)12-15/h3-4,6-7H,2,5,8-11H2,1H3. The number of rotatable bonds is 4. The lowest BCUT2D eigenvalue weighted by atomic mass is 10.2. The predicted octanol–water partition coefficient (Wildman–Crippen LogP) is 0.604. The third-order valence-electron chi connectivity index (χ3n) is 3.80. The van der Waals surface area contributed by atoms with Crippen molar-refractivity contribution in [3.05, 3.63) is 29.8 Å². The third kappa shape index (κ3) is 3.72. The van der Waals surface area contributed by atoms with Crippen LogP contribution in [-0.4, -0.2) is 57.4 Å². The Morgan fingerprint density at radius 1 is 1.04 bits per heavy atom. The number of nitriles is 1. The van der Waals surface area contributed by atoms with E-state index < -0.39 is 20.0 Å². The zero-order valence-electron chi connectivity index (χ0n) is 12.8. The summed E-state index contributed by atoms with van der Waals surface area (Å²) in [6.07, 6.45) is 0.424. The quantitative estimate of drug-likeness (QED) is 0.786. The first-order chi connectivity index (χ1) is 10.8. The molecular weight excluding hydrogens is 338 g/mol. The molecule has 2 rings (SSSR count). The smallest absolute Gasteiger partial charge is 0.212 e. The van der Waals surface area contributed by atoms with Crippen LogP contribution in [0.5, 0.6) is 0 Å². The highest BCUT2D eigenvalue weighted by atomic mass is 32.2. The van der Waals surface area contributed by atoms with Crippen molar-refractivity contribution >= 4 is 20.0 Å². The van der Waals surface area contributed by atoms with E-state index in [4.69, 9.17) is 5.26 Å². The maximum atomic E-state index is 12.8. The summed E-state index contributed by atoms with van der Waals surface area (Å²) in [5, 5.41) is 9.10. The monoisotopic (exact) mass is 357 g/mol. The fourth-order valence-electron chi connectivity index (χ4n) is 2.49. The van der Waals surface area contributed by atoms with E-state index in [9.17, 15) is 16.8 Å². The predicted molar refractivity (Wildman–Crippen MR) is 85.6 cm³/mol. The highest BCUT2D eigenvalue weighted by Gasteiger charge is 2.31. The molecule has 1 saturated heterocycles. The minimum Gasteiger partial charge on any atom is -0.212 e. The van der Waals surface area contributed by atoms with Crippen molar-refractivity contribution in [2.24, 2.45) is 0 Å². The zero-order chi connectivity index (χ0) is 17.1. The fraction of sp³-hybridized carbons (Fsp3) is 0.500. The van der Waals surface area contributed by atoms with Crippen LogP contribution in [0.2, 0.25) is 0 Å². The third-order valence-corrected chi connectivity index (χ3v) is 7.64. The molecule has 0 atom stereocenters. The molecule has 126 valence electrons. The van der Waals surface area contributed by atoms with E-state index in [1.807, 2.05) is 6.07 Å². The lowest BCUT2D eigenvalue weighted by Gasteiger charge is -2.21. The number of sulfonamides is 2. The van der Waals surface area contributed by atoms with Crippen LogP contribution in [0.15, 0.2) is 29.2 Å². The van der Waals surface area contributed by atoms with Gasteiger partial charge in [0.25, 0.3) is 0 Å². The first kappa shape index (κ1) is 17.9. The largest absolute Gasteiger partial charge is 0.244 e. The highest BCUT2D eigenvalue weighted by Crippen LogP contribution is 2.21. The van der Waals surface area contributed by atoms with Gasteiger partial charge in [-0.1, -0.05) is 12.1 Å². The minimum absolute atomic E-state index is 0.00296. The van der Waals surface area contributed by atoms with Crippen LogP contribution in [0.3, 0.4) is 0 Å². The first-order valence-electron chi connectivity index (χ1n) is 7.30. The average Bonchev–Trinajstić information content (AvgIpc) is 2.82. The van der Waals surface area contributed by atoms with Crippen LogP contribution in [0, 0.1) is 11.3 Å². The Morgan fingerprint density at radius 3 is 2.30 bits per heavy atom. The first-order valence-corrected chi connectivity index (χ1v) is 10.3. The maximum absolute atomic E-state index is 12.8. The molecule has 0 radical (unpaired) electrons. The van der Waals surface area contributed by atoms with E-state index in [1.54, 1.807) is 19.1 Å². The van der Waals surface area contributed by atoms with Crippen molar-refractivity contribution in [3.63, 3.8) is 0 Å². The van der Waals surface area contributed by atoms with Gasteiger partial charge < -0.3 is 0 Å².